The molecule has 5 nitrogen and oxygen atoms in total. The molecule has 110 valence electrons. The third-order valence-corrected chi connectivity index (χ3v) is 2.99. The fourth-order valence-electron chi connectivity index (χ4n) is 2.03. The minimum Gasteiger partial charge on any atom is -0.382 e. The van der Waals surface area contributed by atoms with Gasteiger partial charge in [-0.05, 0) is 19.1 Å². The summed E-state index contributed by atoms with van der Waals surface area (Å²) in [7, 11) is 0. The van der Waals surface area contributed by atoms with E-state index in [1.165, 1.54) is 12.1 Å². The molecule has 1 atom stereocenters. The van der Waals surface area contributed by atoms with Gasteiger partial charge in [-0.15, -0.1) is 0 Å². The maximum Gasteiger partial charge on any atom is 0.253 e. The zero-order valence-electron chi connectivity index (χ0n) is 11.4. The van der Waals surface area contributed by atoms with E-state index in [1.807, 2.05) is 6.92 Å². The van der Waals surface area contributed by atoms with Gasteiger partial charge in [0, 0.05) is 13.1 Å². The number of benzene rings is 1. The van der Waals surface area contributed by atoms with Gasteiger partial charge in [0.15, 0.2) is 0 Å². The average Bonchev–Trinajstić information content (AvgIpc) is 2.48. The van der Waals surface area contributed by atoms with Crippen LogP contribution in [0.1, 0.15) is 17.3 Å². The van der Waals surface area contributed by atoms with Crippen LogP contribution in [0.25, 0.3) is 0 Å². The van der Waals surface area contributed by atoms with Crippen LogP contribution in [-0.2, 0) is 9.47 Å². The number of carbonyl (C=O) groups is 1. The van der Waals surface area contributed by atoms with Crippen LogP contribution in [-0.4, -0.2) is 44.9 Å². The van der Waals surface area contributed by atoms with E-state index in [-0.39, 0.29) is 17.7 Å². The average molecular weight is 282 g/mol. The van der Waals surface area contributed by atoms with Gasteiger partial charge >= 0.3 is 0 Å². The fourth-order valence-corrected chi connectivity index (χ4v) is 2.03. The smallest absolute Gasteiger partial charge is 0.253 e. The maximum atomic E-state index is 13.7. The third-order valence-electron chi connectivity index (χ3n) is 2.99. The van der Waals surface area contributed by atoms with E-state index in [0.717, 1.165) is 0 Å². The van der Waals surface area contributed by atoms with E-state index in [2.05, 4.69) is 10.6 Å². The Morgan fingerprint density at radius 2 is 2.30 bits per heavy atom. The molecule has 1 aliphatic rings. The number of para-hydroxylation sites is 1. The molecule has 0 spiro atoms. The summed E-state index contributed by atoms with van der Waals surface area (Å²) >= 11 is 0. The number of carbonyl (C=O) groups excluding carboxylic acids is 1. The standard InChI is InChI=1S/C14H19FN2O3/c1-2-16-13-11(4-3-5-12(13)15)14(18)17-8-10-9-19-6-7-20-10/h3-5,10,16H,2,6-9H2,1H3,(H,17,18). The Labute approximate surface area is 117 Å². The predicted molar refractivity (Wildman–Crippen MR) is 73.5 cm³/mol. The summed E-state index contributed by atoms with van der Waals surface area (Å²) in [6, 6.07) is 4.44. The van der Waals surface area contributed by atoms with Crippen molar-refractivity contribution < 1.29 is 18.7 Å². The van der Waals surface area contributed by atoms with Crippen molar-refractivity contribution in [3.63, 3.8) is 0 Å². The summed E-state index contributed by atoms with van der Waals surface area (Å²) < 4.78 is 24.4. The van der Waals surface area contributed by atoms with Crippen LogP contribution < -0.4 is 10.6 Å². The number of rotatable bonds is 5. The van der Waals surface area contributed by atoms with Crippen molar-refractivity contribution in [2.24, 2.45) is 0 Å². The Bertz CT molecular complexity index is 462. The number of hydrogen-bond donors (Lipinski definition) is 2. The first kappa shape index (κ1) is 14.7. The number of ether oxygens (including phenoxy) is 2. The van der Waals surface area contributed by atoms with Gasteiger partial charge in [0.25, 0.3) is 5.91 Å². The first-order valence-electron chi connectivity index (χ1n) is 6.72. The van der Waals surface area contributed by atoms with Crippen LogP contribution in [0.5, 0.6) is 0 Å². The van der Waals surface area contributed by atoms with Crippen LogP contribution in [0.2, 0.25) is 0 Å². The monoisotopic (exact) mass is 282 g/mol. The topological polar surface area (TPSA) is 59.6 Å². The second kappa shape index (κ2) is 7.21. The lowest BCUT2D eigenvalue weighted by atomic mass is 10.1. The molecule has 0 radical (unpaired) electrons. The summed E-state index contributed by atoms with van der Waals surface area (Å²) in [6.45, 7) is 4.31. The molecule has 1 aromatic rings. The van der Waals surface area contributed by atoms with Gasteiger partial charge in [-0.1, -0.05) is 6.07 Å². The van der Waals surface area contributed by atoms with Crippen molar-refractivity contribution >= 4 is 11.6 Å². The highest BCUT2D eigenvalue weighted by atomic mass is 19.1. The minimum absolute atomic E-state index is 0.149. The number of hydrogen-bond acceptors (Lipinski definition) is 4. The van der Waals surface area contributed by atoms with E-state index in [4.69, 9.17) is 9.47 Å². The van der Waals surface area contributed by atoms with Gasteiger partial charge in [-0.3, -0.25) is 4.79 Å². The molecule has 1 unspecified atom stereocenters. The van der Waals surface area contributed by atoms with Crippen molar-refractivity contribution in [2.75, 3.05) is 38.2 Å². The van der Waals surface area contributed by atoms with Crippen molar-refractivity contribution in [3.05, 3.63) is 29.6 Å². The zero-order chi connectivity index (χ0) is 14.4. The minimum atomic E-state index is -0.434. The van der Waals surface area contributed by atoms with Crippen LogP contribution in [0.4, 0.5) is 10.1 Å². The Kier molecular flexibility index (Phi) is 5.31. The Morgan fingerprint density at radius 1 is 1.45 bits per heavy atom. The first-order chi connectivity index (χ1) is 9.72. The molecule has 1 fully saturated rings. The largest absolute Gasteiger partial charge is 0.382 e. The molecule has 1 saturated heterocycles. The van der Waals surface area contributed by atoms with E-state index < -0.39 is 5.82 Å². The first-order valence-corrected chi connectivity index (χ1v) is 6.72. The maximum absolute atomic E-state index is 13.7. The van der Waals surface area contributed by atoms with Gasteiger partial charge in [-0.25, -0.2) is 4.39 Å². The lowest BCUT2D eigenvalue weighted by molar-refractivity contribution is -0.0855. The van der Waals surface area contributed by atoms with Gasteiger partial charge < -0.3 is 20.1 Å². The molecule has 0 aliphatic carbocycles. The lowest BCUT2D eigenvalue weighted by Gasteiger charge is -2.23. The van der Waals surface area contributed by atoms with Crippen LogP contribution in [0, 0.1) is 5.82 Å². The van der Waals surface area contributed by atoms with Crippen LogP contribution in [0.15, 0.2) is 18.2 Å². The van der Waals surface area contributed by atoms with Gasteiger partial charge in [-0.2, -0.15) is 0 Å². The van der Waals surface area contributed by atoms with Gasteiger partial charge in [0.05, 0.1) is 37.2 Å². The highest BCUT2D eigenvalue weighted by Crippen LogP contribution is 2.19. The van der Waals surface area contributed by atoms with E-state index in [1.54, 1.807) is 6.07 Å². The summed E-state index contributed by atoms with van der Waals surface area (Å²) in [6.07, 6.45) is -0.149. The Morgan fingerprint density at radius 3 is 3.00 bits per heavy atom. The zero-order valence-corrected chi connectivity index (χ0v) is 11.4. The van der Waals surface area contributed by atoms with E-state index in [9.17, 15) is 9.18 Å². The molecule has 0 bridgehead atoms. The fraction of sp³-hybridized carbons (Fsp3) is 0.500. The molecule has 1 aliphatic heterocycles. The summed E-state index contributed by atoms with van der Waals surface area (Å²) in [5.74, 6) is -0.758. The number of nitrogens with one attached hydrogen (secondary N) is 2. The summed E-state index contributed by atoms with van der Waals surface area (Å²) in [4.78, 5) is 12.1. The molecule has 2 rings (SSSR count). The van der Waals surface area contributed by atoms with Crippen molar-refractivity contribution in [2.45, 2.75) is 13.0 Å². The molecule has 1 amide bonds. The van der Waals surface area contributed by atoms with Gasteiger partial charge in [0.2, 0.25) is 0 Å². The Balaban J connectivity index is 1.99. The molecule has 6 heteroatoms. The molecule has 20 heavy (non-hydrogen) atoms. The van der Waals surface area contributed by atoms with Crippen molar-refractivity contribution in [1.29, 1.82) is 0 Å². The predicted octanol–water partition coefficient (Wildman–Crippen LogP) is 1.40. The van der Waals surface area contributed by atoms with Crippen molar-refractivity contribution in [3.8, 4) is 0 Å². The number of anilines is 1. The summed E-state index contributed by atoms with van der Waals surface area (Å²) in [5, 5.41) is 5.62. The molecule has 0 saturated carbocycles. The molecular formula is C14H19FN2O3. The second-order valence-electron chi connectivity index (χ2n) is 4.47. The summed E-state index contributed by atoms with van der Waals surface area (Å²) in [5.41, 5.74) is 0.525. The molecular weight excluding hydrogens is 263 g/mol. The lowest BCUT2D eigenvalue weighted by Crippen LogP contribution is -2.39. The van der Waals surface area contributed by atoms with Crippen LogP contribution in [0.3, 0.4) is 0 Å². The normalized spacial score (nSPS) is 18.6. The SMILES string of the molecule is CCNc1c(F)cccc1C(=O)NCC1COCCO1. The Hall–Kier alpha value is -1.66. The van der Waals surface area contributed by atoms with Crippen molar-refractivity contribution in [1.82, 2.24) is 5.32 Å². The van der Waals surface area contributed by atoms with Gasteiger partial charge in [0.1, 0.15) is 5.82 Å². The molecule has 1 aromatic carbocycles. The van der Waals surface area contributed by atoms with E-state index >= 15 is 0 Å². The van der Waals surface area contributed by atoms with E-state index in [0.29, 0.717) is 38.5 Å². The number of amides is 1. The highest BCUT2D eigenvalue weighted by Gasteiger charge is 2.18. The highest BCUT2D eigenvalue weighted by molar-refractivity contribution is 5.99. The molecule has 1 heterocycles. The molecule has 0 aromatic heterocycles. The van der Waals surface area contributed by atoms with Crippen LogP contribution >= 0.6 is 0 Å². The third kappa shape index (κ3) is 3.68. The number of halogens is 1. The second-order valence-corrected chi connectivity index (χ2v) is 4.47. The molecule has 2 N–H and O–H groups in total. The quantitative estimate of drug-likeness (QED) is 0.857.